The number of aromatic nitrogens is 2. The first-order valence-corrected chi connectivity index (χ1v) is 8.60. The Bertz CT molecular complexity index is 716. The molecule has 1 aliphatic rings. The van der Waals surface area contributed by atoms with Crippen LogP contribution in [-0.4, -0.2) is 46.4 Å². The molecule has 1 atom stereocenters. The number of amides is 1. The van der Waals surface area contributed by atoms with E-state index < -0.39 is 5.60 Å². The minimum Gasteiger partial charge on any atom is -0.386 e. The molecule has 1 unspecified atom stereocenters. The Morgan fingerprint density at radius 3 is 3.00 bits per heavy atom. The molecule has 1 aliphatic heterocycles. The summed E-state index contributed by atoms with van der Waals surface area (Å²) in [6.45, 7) is 5.39. The summed E-state index contributed by atoms with van der Waals surface area (Å²) in [5.41, 5.74) is -0.255. The first-order valence-electron chi connectivity index (χ1n) is 8.60. The molecule has 0 aliphatic carbocycles. The van der Waals surface area contributed by atoms with Gasteiger partial charge >= 0.3 is 0 Å². The Morgan fingerprint density at radius 2 is 2.32 bits per heavy atom. The van der Waals surface area contributed by atoms with Crippen molar-refractivity contribution in [2.45, 2.75) is 38.2 Å². The van der Waals surface area contributed by atoms with E-state index in [9.17, 15) is 9.90 Å². The quantitative estimate of drug-likeness (QED) is 0.861. The van der Waals surface area contributed by atoms with E-state index >= 15 is 0 Å². The number of piperidine rings is 1. The maximum absolute atomic E-state index is 12.2. The maximum atomic E-state index is 12.2. The lowest BCUT2D eigenvalue weighted by atomic mass is 9.92. The van der Waals surface area contributed by atoms with E-state index in [1.165, 1.54) is 0 Å². The predicted octanol–water partition coefficient (Wildman–Crippen LogP) is 1.95. The molecule has 0 bridgehead atoms. The van der Waals surface area contributed by atoms with Crippen LogP contribution in [0.5, 0.6) is 0 Å². The van der Waals surface area contributed by atoms with Crippen molar-refractivity contribution >= 4 is 11.7 Å². The first kappa shape index (κ1) is 17.4. The number of carbonyl (C=O) groups excluding carboxylic acids is 1. The molecular formula is C18H24N4O3. The van der Waals surface area contributed by atoms with Crippen molar-refractivity contribution in [2.75, 3.05) is 24.5 Å². The molecule has 0 spiro atoms. The molecule has 2 aromatic heterocycles. The molecule has 2 aromatic rings. The lowest BCUT2D eigenvalue weighted by Crippen LogP contribution is -2.54. The van der Waals surface area contributed by atoms with Crippen LogP contribution >= 0.6 is 0 Å². The molecular weight excluding hydrogens is 320 g/mol. The van der Waals surface area contributed by atoms with Gasteiger partial charge in [0.2, 0.25) is 5.76 Å². The molecule has 25 heavy (non-hydrogen) atoms. The Kier molecular flexibility index (Phi) is 5.03. The van der Waals surface area contributed by atoms with E-state index in [1.807, 2.05) is 36.9 Å². The van der Waals surface area contributed by atoms with Crippen LogP contribution in [0.2, 0.25) is 0 Å². The van der Waals surface area contributed by atoms with E-state index in [0.717, 1.165) is 24.5 Å². The number of nitrogens with zero attached hydrogens (tertiary/aromatic N) is 3. The average molecular weight is 344 g/mol. The number of carbonyl (C=O) groups is 1. The number of hydrogen-bond donors (Lipinski definition) is 2. The number of anilines is 1. The Balaban J connectivity index is 1.60. The van der Waals surface area contributed by atoms with Gasteiger partial charge in [0.1, 0.15) is 5.82 Å². The van der Waals surface area contributed by atoms with Crippen molar-refractivity contribution in [3.63, 3.8) is 0 Å². The minimum absolute atomic E-state index is 0.160. The third kappa shape index (κ3) is 4.17. The minimum atomic E-state index is -0.994. The Labute approximate surface area is 147 Å². The third-order valence-corrected chi connectivity index (χ3v) is 4.45. The normalized spacial score (nSPS) is 20.7. The average Bonchev–Trinajstić information content (AvgIpc) is 3.11. The van der Waals surface area contributed by atoms with Gasteiger partial charge in [-0.3, -0.25) is 4.79 Å². The van der Waals surface area contributed by atoms with Crippen molar-refractivity contribution in [3.8, 4) is 0 Å². The number of hydrogen-bond acceptors (Lipinski definition) is 6. The molecule has 1 amide bonds. The lowest BCUT2D eigenvalue weighted by molar-refractivity contribution is 0.0250. The second kappa shape index (κ2) is 7.23. The van der Waals surface area contributed by atoms with Gasteiger partial charge in [-0.15, -0.1) is 0 Å². The van der Waals surface area contributed by atoms with Crippen molar-refractivity contribution in [3.05, 3.63) is 41.9 Å². The van der Waals surface area contributed by atoms with Gasteiger partial charge in [0.15, 0.2) is 0 Å². The highest BCUT2D eigenvalue weighted by atomic mass is 16.5. The summed E-state index contributed by atoms with van der Waals surface area (Å²) >= 11 is 0. The zero-order valence-corrected chi connectivity index (χ0v) is 14.6. The van der Waals surface area contributed by atoms with Gasteiger partial charge in [-0.25, -0.2) is 4.98 Å². The molecule has 3 heterocycles. The van der Waals surface area contributed by atoms with Gasteiger partial charge in [0.25, 0.3) is 5.91 Å². The summed E-state index contributed by atoms with van der Waals surface area (Å²) in [5.74, 6) is 0.844. The monoisotopic (exact) mass is 344 g/mol. The molecule has 7 nitrogen and oxygen atoms in total. The van der Waals surface area contributed by atoms with E-state index in [4.69, 9.17) is 4.52 Å². The van der Waals surface area contributed by atoms with Crippen LogP contribution < -0.4 is 10.2 Å². The van der Waals surface area contributed by atoms with Crippen LogP contribution in [-0.2, 0) is 0 Å². The van der Waals surface area contributed by atoms with E-state index in [0.29, 0.717) is 13.0 Å². The highest BCUT2D eigenvalue weighted by molar-refractivity contribution is 5.91. The smallest absolute Gasteiger partial charge is 0.290 e. The molecule has 0 radical (unpaired) electrons. The second-order valence-electron chi connectivity index (χ2n) is 6.89. The van der Waals surface area contributed by atoms with Crippen LogP contribution in [0.25, 0.3) is 0 Å². The fraction of sp³-hybridized carbons (Fsp3) is 0.500. The zero-order valence-electron chi connectivity index (χ0n) is 14.6. The summed E-state index contributed by atoms with van der Waals surface area (Å²) in [6, 6.07) is 7.36. The largest absolute Gasteiger partial charge is 0.386 e. The number of pyridine rings is 1. The Morgan fingerprint density at radius 1 is 1.48 bits per heavy atom. The van der Waals surface area contributed by atoms with Crippen LogP contribution in [0.1, 0.15) is 48.9 Å². The van der Waals surface area contributed by atoms with Gasteiger partial charge in [-0.05, 0) is 30.9 Å². The molecule has 1 fully saturated rings. The zero-order chi connectivity index (χ0) is 17.9. The van der Waals surface area contributed by atoms with Gasteiger partial charge in [0.05, 0.1) is 11.3 Å². The summed E-state index contributed by atoms with van der Waals surface area (Å²) in [5, 5.41) is 17.5. The molecule has 7 heteroatoms. The standard InChI is InChI=1S/C18H24N4O3/c1-13(2)14-10-15(25-21-14)17(23)20-11-18(24)7-5-9-22(12-18)16-6-3-4-8-19-16/h3-4,6,8,10,13,24H,5,7,9,11-12H2,1-2H3,(H,20,23). The summed E-state index contributed by atoms with van der Waals surface area (Å²) in [6.07, 6.45) is 3.20. The van der Waals surface area contributed by atoms with Crippen molar-refractivity contribution in [1.82, 2.24) is 15.5 Å². The van der Waals surface area contributed by atoms with E-state index in [2.05, 4.69) is 15.5 Å². The predicted molar refractivity (Wildman–Crippen MR) is 93.6 cm³/mol. The number of β-amino-alcohol motifs (C(OH)–C–C–N with tert-alkyl or cyclic N) is 1. The number of nitrogens with one attached hydrogen (secondary N) is 1. The van der Waals surface area contributed by atoms with E-state index in [-0.39, 0.29) is 24.1 Å². The molecule has 0 aromatic carbocycles. The number of rotatable bonds is 5. The molecule has 0 saturated carbocycles. The SMILES string of the molecule is CC(C)c1cc(C(=O)NCC2(O)CCCN(c3ccccn3)C2)on1. The molecule has 1 saturated heterocycles. The van der Waals surface area contributed by atoms with Crippen molar-refractivity contribution in [1.29, 1.82) is 0 Å². The van der Waals surface area contributed by atoms with Crippen LogP contribution in [0.4, 0.5) is 5.82 Å². The van der Waals surface area contributed by atoms with Crippen LogP contribution in [0, 0.1) is 0 Å². The summed E-state index contributed by atoms with van der Waals surface area (Å²) < 4.78 is 5.09. The fourth-order valence-electron chi connectivity index (χ4n) is 2.99. The summed E-state index contributed by atoms with van der Waals surface area (Å²) in [7, 11) is 0. The van der Waals surface area contributed by atoms with Gasteiger partial charge in [0, 0.05) is 31.9 Å². The van der Waals surface area contributed by atoms with Crippen LogP contribution in [0.3, 0.4) is 0 Å². The molecule has 2 N–H and O–H groups in total. The van der Waals surface area contributed by atoms with Crippen LogP contribution in [0.15, 0.2) is 35.0 Å². The van der Waals surface area contributed by atoms with Gasteiger partial charge < -0.3 is 19.8 Å². The maximum Gasteiger partial charge on any atom is 0.290 e. The third-order valence-electron chi connectivity index (χ3n) is 4.45. The lowest BCUT2D eigenvalue weighted by Gasteiger charge is -2.39. The topological polar surface area (TPSA) is 91.5 Å². The number of aliphatic hydroxyl groups is 1. The highest BCUT2D eigenvalue weighted by Crippen LogP contribution is 2.24. The van der Waals surface area contributed by atoms with Gasteiger partial charge in [-0.2, -0.15) is 0 Å². The van der Waals surface area contributed by atoms with E-state index in [1.54, 1.807) is 12.3 Å². The van der Waals surface area contributed by atoms with Gasteiger partial charge in [-0.1, -0.05) is 25.1 Å². The van der Waals surface area contributed by atoms with Crippen molar-refractivity contribution in [2.24, 2.45) is 0 Å². The second-order valence-corrected chi connectivity index (χ2v) is 6.89. The first-order chi connectivity index (χ1) is 12.0. The Hall–Kier alpha value is -2.41. The summed E-state index contributed by atoms with van der Waals surface area (Å²) in [4.78, 5) is 18.6. The van der Waals surface area contributed by atoms with Crippen molar-refractivity contribution < 1.29 is 14.4 Å². The highest BCUT2D eigenvalue weighted by Gasteiger charge is 2.34. The molecule has 3 rings (SSSR count). The molecule has 134 valence electrons. The fourth-order valence-corrected chi connectivity index (χ4v) is 2.99.